The van der Waals surface area contributed by atoms with Crippen molar-refractivity contribution in [2.75, 3.05) is 6.54 Å². The summed E-state index contributed by atoms with van der Waals surface area (Å²) in [6.45, 7) is -0.0845. The van der Waals surface area contributed by atoms with Gasteiger partial charge in [0.1, 0.15) is 6.04 Å². The summed E-state index contributed by atoms with van der Waals surface area (Å²) in [5.74, 6) is -3.35. The van der Waals surface area contributed by atoms with Crippen molar-refractivity contribution in [1.29, 1.82) is 0 Å². The highest BCUT2D eigenvalue weighted by Gasteiger charge is 2.45. The lowest BCUT2D eigenvalue weighted by molar-refractivity contribution is -0.269. The standard InChI is InChI=1S/C19H17N3O7/c23-12-5-1-10(2-6-12)15(21-29)17(25)20-14-9-22(18(14)26)16(19(27)28)11-3-7-13(24)8-4-11/h1-8,14,16,23-24,29H,9H2,(H,20,25)(H,27,28)/p-2/b21-15-/t14-,16+/m0/s1. The summed E-state index contributed by atoms with van der Waals surface area (Å²) in [5, 5.41) is 46.2. The van der Waals surface area contributed by atoms with Crippen molar-refractivity contribution in [3.05, 3.63) is 59.7 Å². The first-order valence-corrected chi connectivity index (χ1v) is 8.42. The molecule has 0 bridgehead atoms. The van der Waals surface area contributed by atoms with Gasteiger partial charge in [-0.15, -0.1) is 11.5 Å². The summed E-state index contributed by atoms with van der Waals surface area (Å²) in [4.78, 5) is 37.4. The molecule has 3 rings (SSSR count). The number of oxime groups is 1. The second-order valence-corrected chi connectivity index (χ2v) is 6.30. The Balaban J connectivity index is 1.69. The number of hydrogen-bond acceptors (Lipinski definition) is 7. The van der Waals surface area contributed by atoms with Gasteiger partial charge in [-0.1, -0.05) is 53.7 Å². The Hall–Kier alpha value is -4.08. The van der Waals surface area contributed by atoms with Crippen molar-refractivity contribution < 1.29 is 34.9 Å². The van der Waals surface area contributed by atoms with Gasteiger partial charge in [-0.2, -0.15) is 0 Å². The minimum absolute atomic E-state index is 0.0845. The molecule has 10 heteroatoms. The number of hydrogen-bond donors (Lipinski definition) is 3. The molecule has 1 aliphatic rings. The van der Waals surface area contributed by atoms with Crippen LogP contribution in [0.5, 0.6) is 11.5 Å². The number of nitrogens with one attached hydrogen (secondary N) is 1. The van der Waals surface area contributed by atoms with E-state index in [0.717, 1.165) is 4.90 Å². The van der Waals surface area contributed by atoms with E-state index < -0.39 is 35.6 Å². The Morgan fingerprint density at radius 3 is 2.10 bits per heavy atom. The lowest BCUT2D eigenvalue weighted by atomic mass is 9.97. The molecule has 1 fully saturated rings. The van der Waals surface area contributed by atoms with Crippen molar-refractivity contribution >= 4 is 23.5 Å². The Morgan fingerprint density at radius 2 is 1.62 bits per heavy atom. The summed E-state index contributed by atoms with van der Waals surface area (Å²) in [6.07, 6.45) is 0. The van der Waals surface area contributed by atoms with Crippen LogP contribution >= 0.6 is 0 Å². The molecule has 0 aromatic heterocycles. The topological polar surface area (TPSA) is 165 Å². The minimum atomic E-state index is -1.30. The molecule has 29 heavy (non-hydrogen) atoms. The molecule has 0 saturated carbocycles. The van der Waals surface area contributed by atoms with Crippen molar-refractivity contribution in [3.63, 3.8) is 0 Å². The van der Waals surface area contributed by atoms with E-state index >= 15 is 0 Å². The highest BCUT2D eigenvalue weighted by atomic mass is 16.4. The first-order chi connectivity index (χ1) is 13.8. The van der Waals surface area contributed by atoms with Crippen LogP contribution in [-0.2, 0) is 14.4 Å². The molecule has 150 valence electrons. The molecule has 10 nitrogen and oxygen atoms in total. The number of β-lactam (4-membered cyclic amide) rings is 1. The summed E-state index contributed by atoms with van der Waals surface area (Å²) < 4.78 is 0. The molecule has 2 aromatic rings. The molecular weight excluding hydrogens is 382 g/mol. The Labute approximate surface area is 164 Å². The van der Waals surface area contributed by atoms with Crippen LogP contribution in [-0.4, -0.2) is 51.3 Å². The fraction of sp³-hybridized carbons (Fsp3) is 0.158. The third-order valence-corrected chi connectivity index (χ3v) is 4.45. The minimum Gasteiger partial charge on any atom is -0.872 e. The maximum atomic E-state index is 12.4. The van der Waals surface area contributed by atoms with E-state index in [1.165, 1.54) is 48.5 Å². The third kappa shape index (κ3) is 3.95. The number of carbonyl (C=O) groups is 3. The van der Waals surface area contributed by atoms with Gasteiger partial charge in [0.25, 0.3) is 5.91 Å². The van der Waals surface area contributed by atoms with Gasteiger partial charge in [-0.3, -0.25) is 9.59 Å². The van der Waals surface area contributed by atoms with E-state index in [0.29, 0.717) is 0 Å². The zero-order valence-electron chi connectivity index (χ0n) is 14.8. The SMILES string of the molecule is O=C(N[C@H]1CN([C@@H](C(=O)O)c2ccc([O-])cc2)C1=O)/C(=N\O)c1ccc([O-])cc1. The molecule has 0 radical (unpaired) electrons. The third-order valence-electron chi connectivity index (χ3n) is 4.45. The van der Waals surface area contributed by atoms with Gasteiger partial charge in [0.15, 0.2) is 11.8 Å². The first kappa shape index (κ1) is 19.7. The fourth-order valence-corrected chi connectivity index (χ4v) is 2.97. The molecule has 1 heterocycles. The molecule has 0 aliphatic carbocycles. The predicted molar refractivity (Wildman–Crippen MR) is 94.1 cm³/mol. The monoisotopic (exact) mass is 397 g/mol. The van der Waals surface area contributed by atoms with Crippen molar-refractivity contribution in [2.45, 2.75) is 12.1 Å². The van der Waals surface area contributed by atoms with Crippen molar-refractivity contribution in [2.24, 2.45) is 5.16 Å². The summed E-state index contributed by atoms with van der Waals surface area (Å²) >= 11 is 0. The van der Waals surface area contributed by atoms with Crippen molar-refractivity contribution in [1.82, 2.24) is 10.2 Å². The average molecular weight is 397 g/mol. The molecule has 3 N–H and O–H groups in total. The highest BCUT2D eigenvalue weighted by molar-refractivity contribution is 6.45. The zero-order valence-corrected chi connectivity index (χ0v) is 14.8. The Bertz CT molecular complexity index is 970. The number of rotatable bonds is 6. The summed E-state index contributed by atoms with van der Waals surface area (Å²) in [7, 11) is 0. The first-order valence-electron chi connectivity index (χ1n) is 8.42. The largest absolute Gasteiger partial charge is 0.872 e. The van der Waals surface area contributed by atoms with E-state index in [1.54, 1.807) is 0 Å². The zero-order chi connectivity index (χ0) is 21.1. The number of amides is 2. The van der Waals surface area contributed by atoms with E-state index in [2.05, 4.69) is 10.5 Å². The number of nitrogens with zero attached hydrogens (tertiary/aromatic N) is 2. The normalized spacial score (nSPS) is 17.4. The van der Waals surface area contributed by atoms with Crippen LogP contribution in [0.1, 0.15) is 17.2 Å². The van der Waals surface area contributed by atoms with E-state index in [4.69, 9.17) is 5.21 Å². The molecule has 2 aromatic carbocycles. The number of carboxylic acid groups (broad SMARTS) is 1. The predicted octanol–water partition coefficient (Wildman–Crippen LogP) is -0.835. The van der Waals surface area contributed by atoms with E-state index in [-0.39, 0.29) is 29.2 Å². The average Bonchev–Trinajstić information content (AvgIpc) is 2.69. The van der Waals surface area contributed by atoms with Crippen molar-refractivity contribution in [3.8, 4) is 11.5 Å². The maximum Gasteiger partial charge on any atom is 0.331 e. The molecule has 0 unspecified atom stereocenters. The smallest absolute Gasteiger partial charge is 0.331 e. The van der Waals surface area contributed by atoms with Crippen LogP contribution in [0, 0.1) is 0 Å². The second kappa shape index (κ2) is 7.89. The van der Waals surface area contributed by atoms with Crippen LogP contribution in [0.2, 0.25) is 0 Å². The summed E-state index contributed by atoms with van der Waals surface area (Å²) in [6, 6.07) is 7.73. The molecule has 1 saturated heterocycles. The van der Waals surface area contributed by atoms with Crippen LogP contribution in [0.15, 0.2) is 53.7 Å². The van der Waals surface area contributed by atoms with Gasteiger partial charge in [0.2, 0.25) is 5.91 Å². The van der Waals surface area contributed by atoms with Gasteiger partial charge < -0.3 is 30.7 Å². The molecular formula is C19H15N3O7-2. The van der Waals surface area contributed by atoms with Gasteiger partial charge in [0, 0.05) is 5.56 Å². The van der Waals surface area contributed by atoms with Crippen LogP contribution in [0.25, 0.3) is 0 Å². The molecule has 2 atom stereocenters. The Kier molecular flexibility index (Phi) is 5.35. The van der Waals surface area contributed by atoms with Gasteiger partial charge in [-0.25, -0.2) is 4.79 Å². The molecule has 0 spiro atoms. The van der Waals surface area contributed by atoms with Crippen LogP contribution < -0.4 is 15.5 Å². The Morgan fingerprint density at radius 1 is 1.07 bits per heavy atom. The lowest BCUT2D eigenvalue weighted by Gasteiger charge is -2.42. The second-order valence-electron chi connectivity index (χ2n) is 6.30. The lowest BCUT2D eigenvalue weighted by Crippen LogP contribution is -2.66. The van der Waals surface area contributed by atoms with Gasteiger partial charge in [0.05, 0.1) is 6.54 Å². The van der Waals surface area contributed by atoms with Gasteiger partial charge in [-0.05, 0) is 5.56 Å². The van der Waals surface area contributed by atoms with Crippen LogP contribution in [0.4, 0.5) is 0 Å². The van der Waals surface area contributed by atoms with E-state index in [1.807, 2.05) is 0 Å². The van der Waals surface area contributed by atoms with E-state index in [9.17, 15) is 29.7 Å². The van der Waals surface area contributed by atoms with Gasteiger partial charge >= 0.3 is 5.97 Å². The maximum absolute atomic E-state index is 12.4. The molecule has 1 aliphatic heterocycles. The number of benzene rings is 2. The quantitative estimate of drug-likeness (QED) is 0.247. The number of likely N-dealkylation sites (tertiary alicyclic amines) is 1. The summed E-state index contributed by atoms with van der Waals surface area (Å²) in [5.41, 5.74) is 0.0388. The number of carbonyl (C=O) groups excluding carboxylic acids is 2. The number of aliphatic carboxylic acids is 1. The highest BCUT2D eigenvalue weighted by Crippen LogP contribution is 2.28. The molecule has 2 amide bonds. The fourth-order valence-electron chi connectivity index (χ4n) is 2.97. The number of carboxylic acids is 1. The van der Waals surface area contributed by atoms with Crippen LogP contribution in [0.3, 0.4) is 0 Å².